The Labute approximate surface area is 240 Å². The summed E-state index contributed by atoms with van der Waals surface area (Å²) in [6.07, 6.45) is 0.925. The molecule has 0 spiro atoms. The van der Waals surface area contributed by atoms with Crippen LogP contribution in [0.1, 0.15) is 17.3 Å². The molecule has 12 nitrogen and oxygen atoms in total. The van der Waals surface area contributed by atoms with Crippen molar-refractivity contribution in [2.45, 2.75) is 11.8 Å². The van der Waals surface area contributed by atoms with Gasteiger partial charge in [0.25, 0.3) is 21.9 Å². The molecule has 0 saturated carbocycles. The van der Waals surface area contributed by atoms with Crippen LogP contribution in [0, 0.1) is 0 Å². The van der Waals surface area contributed by atoms with Gasteiger partial charge in [-0.15, -0.1) is 0 Å². The Kier molecular flexibility index (Phi) is 9.22. The number of hydrogen-bond acceptors (Lipinski definition) is 9. The molecule has 0 radical (unpaired) electrons. The molecule has 0 aliphatic carbocycles. The van der Waals surface area contributed by atoms with Gasteiger partial charge in [-0.3, -0.25) is 14.9 Å². The number of hydrogen-bond donors (Lipinski definition) is 4. The number of nitrogens with zero attached hydrogens (tertiary/aromatic N) is 1. The molecule has 1 aromatic heterocycles. The van der Waals surface area contributed by atoms with Crippen LogP contribution in [-0.2, 0) is 19.6 Å². The molecule has 0 fully saturated rings. The van der Waals surface area contributed by atoms with Gasteiger partial charge in [-0.05, 0) is 61.5 Å². The van der Waals surface area contributed by atoms with Crippen molar-refractivity contribution < 1.29 is 32.0 Å². The van der Waals surface area contributed by atoms with Crippen LogP contribution in [0.2, 0.25) is 5.02 Å². The van der Waals surface area contributed by atoms with Gasteiger partial charge in [-0.1, -0.05) is 29.8 Å². The average molecular weight is 598 g/mol. The lowest BCUT2D eigenvalue weighted by Crippen LogP contribution is -2.30. The van der Waals surface area contributed by atoms with Crippen LogP contribution in [0.5, 0.6) is 0 Å². The van der Waals surface area contributed by atoms with Gasteiger partial charge in [0.15, 0.2) is 5.76 Å². The number of nitrogens with one attached hydrogen (secondary N) is 4. The second-order valence-corrected chi connectivity index (χ2v) is 10.4. The summed E-state index contributed by atoms with van der Waals surface area (Å²) in [6, 6.07) is 18.3. The van der Waals surface area contributed by atoms with Crippen LogP contribution in [0.15, 0.2) is 88.3 Å². The topological polar surface area (TPSA) is 169 Å². The number of sulfonamides is 1. The number of anilines is 3. The van der Waals surface area contributed by atoms with Gasteiger partial charge >= 0.3 is 6.09 Å². The number of halogens is 1. The van der Waals surface area contributed by atoms with E-state index in [2.05, 4.69) is 20.9 Å². The second kappa shape index (κ2) is 13.0. The van der Waals surface area contributed by atoms with Crippen molar-refractivity contribution in [3.63, 3.8) is 0 Å². The maximum absolute atomic E-state index is 12.5. The monoisotopic (exact) mass is 597 g/mol. The van der Waals surface area contributed by atoms with Crippen LogP contribution < -0.4 is 20.7 Å². The van der Waals surface area contributed by atoms with E-state index in [1.54, 1.807) is 37.3 Å². The lowest BCUT2D eigenvalue weighted by molar-refractivity contribution is -0.114. The Balaban J connectivity index is 1.30. The smallest absolute Gasteiger partial charge is 0.411 e. The van der Waals surface area contributed by atoms with E-state index >= 15 is 0 Å². The number of benzene rings is 3. The van der Waals surface area contributed by atoms with Crippen LogP contribution in [0.4, 0.5) is 22.2 Å². The third kappa shape index (κ3) is 7.84. The maximum Gasteiger partial charge on any atom is 0.411 e. The van der Waals surface area contributed by atoms with Crippen molar-refractivity contribution >= 4 is 56.9 Å². The minimum Gasteiger partial charge on any atom is -0.450 e. The van der Waals surface area contributed by atoms with E-state index < -0.39 is 27.9 Å². The Hall–Kier alpha value is -4.88. The van der Waals surface area contributed by atoms with Crippen molar-refractivity contribution in [1.29, 1.82) is 0 Å². The molecule has 4 N–H and O–H groups in total. The Morgan fingerprint density at radius 2 is 1.71 bits per heavy atom. The standard InChI is InChI=1S/C27H24ClN5O7S/c1-2-39-27(36)31-19-11-8-17(9-12-19)23-15-29-26(40-23)30-16-24(34)32-22-13-10-18(14-21(22)28)25(35)33-41(37,38)20-6-4-3-5-7-20/h3-15H,2,16H2,1H3,(H,29,30)(H,31,36)(H,32,34)(H,33,35). The van der Waals surface area contributed by atoms with E-state index in [9.17, 15) is 22.8 Å². The first-order valence-corrected chi connectivity index (χ1v) is 14.0. The fraction of sp³-hybridized carbons (Fsp3) is 0.111. The molecule has 0 bridgehead atoms. The SMILES string of the molecule is CCOC(=O)Nc1ccc(-c2cnc(NCC(=O)Nc3ccc(C(=O)NS(=O)(=O)c4ccccc4)cc3Cl)o2)cc1. The predicted molar refractivity (Wildman–Crippen MR) is 152 cm³/mol. The van der Waals surface area contributed by atoms with Gasteiger partial charge in [-0.2, -0.15) is 0 Å². The van der Waals surface area contributed by atoms with E-state index in [0.717, 1.165) is 0 Å². The predicted octanol–water partition coefficient (Wildman–Crippen LogP) is 4.73. The minimum atomic E-state index is -4.06. The lowest BCUT2D eigenvalue weighted by atomic mass is 10.2. The van der Waals surface area contributed by atoms with Gasteiger partial charge in [0, 0.05) is 16.8 Å². The highest BCUT2D eigenvalue weighted by Gasteiger charge is 2.19. The van der Waals surface area contributed by atoms with E-state index in [4.69, 9.17) is 20.8 Å². The van der Waals surface area contributed by atoms with E-state index in [1.807, 2.05) is 4.72 Å². The third-order valence-corrected chi connectivity index (χ3v) is 7.04. The molecule has 0 atom stereocenters. The number of carbonyl (C=O) groups is 3. The van der Waals surface area contributed by atoms with Crippen molar-refractivity contribution in [3.05, 3.63) is 89.6 Å². The summed E-state index contributed by atoms with van der Waals surface area (Å²) in [5.74, 6) is -0.924. The first kappa shape index (κ1) is 29.1. The summed E-state index contributed by atoms with van der Waals surface area (Å²) in [6.45, 7) is 1.76. The Bertz CT molecular complexity index is 1660. The normalized spacial score (nSPS) is 10.9. The summed E-state index contributed by atoms with van der Waals surface area (Å²) in [5, 5.41) is 7.97. The highest BCUT2D eigenvalue weighted by molar-refractivity contribution is 7.90. The minimum absolute atomic E-state index is 0.0114. The fourth-order valence-electron chi connectivity index (χ4n) is 3.44. The largest absolute Gasteiger partial charge is 0.450 e. The van der Waals surface area contributed by atoms with Gasteiger partial charge < -0.3 is 19.8 Å². The van der Waals surface area contributed by atoms with Crippen LogP contribution in [-0.4, -0.2) is 44.5 Å². The molecule has 3 amide bonds. The number of oxazole rings is 1. The van der Waals surface area contributed by atoms with Crippen molar-refractivity contribution in [2.24, 2.45) is 0 Å². The molecule has 0 aliphatic rings. The third-order valence-electron chi connectivity index (χ3n) is 5.38. The van der Waals surface area contributed by atoms with Crippen molar-refractivity contribution in [2.75, 3.05) is 29.1 Å². The highest BCUT2D eigenvalue weighted by Crippen LogP contribution is 2.25. The van der Waals surface area contributed by atoms with E-state index in [1.165, 1.54) is 48.7 Å². The van der Waals surface area contributed by atoms with Crippen molar-refractivity contribution in [3.8, 4) is 11.3 Å². The Morgan fingerprint density at radius 3 is 2.39 bits per heavy atom. The summed E-state index contributed by atoms with van der Waals surface area (Å²) in [5.41, 5.74) is 1.44. The highest BCUT2D eigenvalue weighted by atomic mass is 35.5. The Morgan fingerprint density at radius 1 is 0.976 bits per heavy atom. The average Bonchev–Trinajstić information content (AvgIpc) is 3.43. The molecule has 0 unspecified atom stereocenters. The molecule has 4 aromatic rings. The molecule has 0 saturated heterocycles. The number of aromatic nitrogens is 1. The summed E-state index contributed by atoms with van der Waals surface area (Å²) in [7, 11) is -4.06. The molecule has 0 aliphatic heterocycles. The zero-order valence-electron chi connectivity index (χ0n) is 21.5. The number of ether oxygens (including phenoxy) is 1. The second-order valence-electron chi connectivity index (χ2n) is 8.30. The quantitative estimate of drug-likeness (QED) is 0.202. The molecular weight excluding hydrogens is 574 g/mol. The van der Waals surface area contributed by atoms with E-state index in [0.29, 0.717) is 17.0 Å². The zero-order valence-corrected chi connectivity index (χ0v) is 23.1. The summed E-state index contributed by atoms with van der Waals surface area (Å²) in [4.78, 5) is 40.5. The van der Waals surface area contributed by atoms with Gasteiger partial charge in [0.1, 0.15) is 0 Å². The number of carbonyl (C=O) groups excluding carboxylic acids is 3. The summed E-state index contributed by atoms with van der Waals surface area (Å²) >= 11 is 6.22. The van der Waals surface area contributed by atoms with Crippen molar-refractivity contribution in [1.82, 2.24) is 9.71 Å². The molecule has 1 heterocycles. The maximum atomic E-state index is 12.5. The number of amides is 3. The fourth-order valence-corrected chi connectivity index (χ4v) is 4.66. The van der Waals surface area contributed by atoms with Gasteiger partial charge in [0.2, 0.25) is 5.91 Å². The first-order chi connectivity index (χ1) is 19.6. The molecule has 41 heavy (non-hydrogen) atoms. The van der Waals surface area contributed by atoms with Crippen LogP contribution in [0.3, 0.4) is 0 Å². The van der Waals surface area contributed by atoms with Gasteiger partial charge in [-0.25, -0.2) is 22.9 Å². The molecule has 14 heteroatoms. The number of rotatable bonds is 10. The molecular formula is C27H24ClN5O7S. The van der Waals surface area contributed by atoms with Crippen LogP contribution in [0.25, 0.3) is 11.3 Å². The first-order valence-electron chi connectivity index (χ1n) is 12.1. The zero-order chi connectivity index (χ0) is 29.4. The lowest BCUT2D eigenvalue weighted by Gasteiger charge is -2.10. The molecule has 212 valence electrons. The van der Waals surface area contributed by atoms with Gasteiger partial charge in [0.05, 0.1) is 35.0 Å². The molecule has 3 aromatic carbocycles. The van der Waals surface area contributed by atoms with E-state index in [-0.39, 0.29) is 40.3 Å². The van der Waals surface area contributed by atoms with Crippen LogP contribution >= 0.6 is 11.6 Å². The molecule has 4 rings (SSSR count). The summed E-state index contributed by atoms with van der Waals surface area (Å²) < 4.78 is 37.2.